The maximum Gasteiger partial charge on any atom is 0.522 e. The quantitative estimate of drug-likeness (QED) is 0.401. The molecule has 0 unspecified atom stereocenters. The summed E-state index contributed by atoms with van der Waals surface area (Å²) in [6.07, 6.45) is -8.06. The highest BCUT2D eigenvalue weighted by Crippen LogP contribution is 2.34. The Labute approximate surface area is 200 Å². The highest BCUT2D eigenvalue weighted by atomic mass is 35.5. The maximum atomic E-state index is 14.9. The van der Waals surface area contributed by atoms with Gasteiger partial charge in [-0.2, -0.15) is 10.2 Å². The van der Waals surface area contributed by atoms with Gasteiger partial charge in [-0.15, -0.1) is 13.2 Å². The number of halogens is 5. The maximum absolute atomic E-state index is 14.9. The van der Waals surface area contributed by atoms with E-state index in [1.54, 1.807) is 13.8 Å². The van der Waals surface area contributed by atoms with Crippen molar-refractivity contribution in [3.05, 3.63) is 34.9 Å². The van der Waals surface area contributed by atoms with Crippen LogP contribution in [-0.4, -0.2) is 62.2 Å². The van der Waals surface area contributed by atoms with E-state index in [0.717, 1.165) is 0 Å². The molecule has 3 aromatic heterocycles. The third-order valence-electron chi connectivity index (χ3n) is 4.76. The minimum absolute atomic E-state index is 0.00441. The molecule has 1 aliphatic heterocycles. The van der Waals surface area contributed by atoms with Crippen LogP contribution in [0.3, 0.4) is 0 Å². The van der Waals surface area contributed by atoms with Crippen molar-refractivity contribution in [1.82, 2.24) is 30.1 Å². The van der Waals surface area contributed by atoms with Crippen LogP contribution in [0, 0.1) is 0 Å². The second-order valence-electron chi connectivity index (χ2n) is 7.89. The molecule has 1 amide bonds. The molecular formula is C19H20ClF4N7O4. The number of nitrogens with one attached hydrogen (secondary N) is 3. The lowest BCUT2D eigenvalue weighted by atomic mass is 10.1. The number of amides is 1. The van der Waals surface area contributed by atoms with Crippen LogP contribution in [0.25, 0.3) is 5.52 Å². The predicted molar refractivity (Wildman–Crippen MR) is 113 cm³/mol. The number of alkyl carbamates (subject to hydrolysis) is 1. The van der Waals surface area contributed by atoms with Gasteiger partial charge >= 0.3 is 12.5 Å². The topological polar surface area (TPSA) is 128 Å². The summed E-state index contributed by atoms with van der Waals surface area (Å²) in [6, 6.07) is 2.62. The van der Waals surface area contributed by atoms with Crippen molar-refractivity contribution >= 4 is 34.8 Å². The van der Waals surface area contributed by atoms with Crippen molar-refractivity contribution in [2.75, 3.05) is 11.9 Å². The van der Waals surface area contributed by atoms with Gasteiger partial charge in [0.15, 0.2) is 23.9 Å². The lowest BCUT2D eigenvalue weighted by Gasteiger charge is -2.16. The van der Waals surface area contributed by atoms with Crippen molar-refractivity contribution in [3.8, 4) is 0 Å². The van der Waals surface area contributed by atoms with E-state index < -0.39 is 37.4 Å². The van der Waals surface area contributed by atoms with Crippen molar-refractivity contribution in [2.45, 2.75) is 51.2 Å². The summed E-state index contributed by atoms with van der Waals surface area (Å²) >= 11 is 6.00. The summed E-state index contributed by atoms with van der Waals surface area (Å²) in [5, 5.41) is 16.1. The number of hydrogen-bond donors (Lipinski definition) is 3. The molecule has 3 atom stereocenters. The Morgan fingerprint density at radius 3 is 2.89 bits per heavy atom. The van der Waals surface area contributed by atoms with E-state index in [1.165, 1.54) is 22.8 Å². The number of aromatic amines is 1. The van der Waals surface area contributed by atoms with E-state index in [9.17, 15) is 22.4 Å². The van der Waals surface area contributed by atoms with E-state index in [-0.39, 0.29) is 40.8 Å². The minimum Gasteiger partial charge on any atom is -0.441 e. The number of carbonyl (C=O) groups excluding carboxylic acids is 1. The highest BCUT2D eigenvalue weighted by molar-refractivity contribution is 6.29. The van der Waals surface area contributed by atoms with Gasteiger partial charge in [0.25, 0.3) is 0 Å². The van der Waals surface area contributed by atoms with Crippen LogP contribution in [0.2, 0.25) is 5.15 Å². The number of H-pyrrole nitrogens is 1. The van der Waals surface area contributed by atoms with Gasteiger partial charge in [0.1, 0.15) is 23.4 Å². The van der Waals surface area contributed by atoms with Gasteiger partial charge in [-0.3, -0.25) is 9.84 Å². The van der Waals surface area contributed by atoms with Gasteiger partial charge in [0.05, 0.1) is 24.2 Å². The normalized spacial score (nSPS) is 20.5. The number of nitrogens with zero attached hydrogens (tertiary/aromatic N) is 4. The summed E-state index contributed by atoms with van der Waals surface area (Å²) in [5.41, 5.74) is 0.551. The van der Waals surface area contributed by atoms with Gasteiger partial charge in [-0.1, -0.05) is 11.6 Å². The fraction of sp³-hybridized carbons (Fsp3) is 0.474. The van der Waals surface area contributed by atoms with E-state index in [4.69, 9.17) is 21.1 Å². The molecule has 3 N–H and O–H groups in total. The van der Waals surface area contributed by atoms with Crippen molar-refractivity contribution < 1.29 is 36.6 Å². The first-order valence-electron chi connectivity index (χ1n) is 10.3. The number of rotatable bonds is 7. The molecule has 11 nitrogen and oxygen atoms in total. The number of alkyl halides is 4. The van der Waals surface area contributed by atoms with E-state index >= 15 is 0 Å². The zero-order valence-corrected chi connectivity index (χ0v) is 19.0. The first-order valence-corrected chi connectivity index (χ1v) is 10.7. The second-order valence-corrected chi connectivity index (χ2v) is 8.27. The Morgan fingerprint density at radius 1 is 1.40 bits per heavy atom. The fourth-order valence-corrected chi connectivity index (χ4v) is 3.52. The molecule has 3 aromatic rings. The molecule has 0 aromatic carbocycles. The third kappa shape index (κ3) is 6.10. The average molecular weight is 522 g/mol. The number of aromatic nitrogens is 5. The zero-order chi connectivity index (χ0) is 25.3. The van der Waals surface area contributed by atoms with Crippen LogP contribution in [0.5, 0.6) is 0 Å². The second kappa shape index (κ2) is 9.83. The number of fused-ring (bicyclic) bond motifs is 1. The number of hydrogen-bond acceptors (Lipinski definition) is 8. The van der Waals surface area contributed by atoms with Crippen LogP contribution < -0.4 is 10.6 Å². The number of ether oxygens (including phenoxy) is 3. The Balaban J connectivity index is 1.46. The molecule has 4 rings (SSSR count). The summed E-state index contributed by atoms with van der Waals surface area (Å²) in [6.45, 7) is 2.54. The van der Waals surface area contributed by atoms with Gasteiger partial charge in [-0.05, 0) is 19.9 Å². The van der Waals surface area contributed by atoms with Gasteiger partial charge < -0.3 is 20.1 Å². The molecule has 190 valence electrons. The lowest BCUT2D eigenvalue weighted by Crippen LogP contribution is -2.36. The minimum atomic E-state index is -4.81. The van der Waals surface area contributed by atoms with Crippen LogP contribution >= 0.6 is 11.6 Å². The zero-order valence-electron chi connectivity index (χ0n) is 18.3. The predicted octanol–water partition coefficient (Wildman–Crippen LogP) is 3.80. The SMILES string of the molecule is CC(C)NC(=O)O[C@@H]1CO[C@H](c2cc(Nc3nc(Cl)cn4nc(COC(F)(F)F)cc34)n[nH]2)[C@@H]1F. The molecule has 0 spiro atoms. The van der Waals surface area contributed by atoms with E-state index in [2.05, 4.69) is 35.7 Å². The first-order chi connectivity index (χ1) is 16.5. The Hall–Kier alpha value is -3.17. The third-order valence-corrected chi connectivity index (χ3v) is 4.94. The number of anilines is 2. The highest BCUT2D eigenvalue weighted by Gasteiger charge is 2.42. The molecule has 1 saturated heterocycles. The molecule has 1 fully saturated rings. The lowest BCUT2D eigenvalue weighted by molar-refractivity contribution is -0.330. The Bertz CT molecular complexity index is 1200. The summed E-state index contributed by atoms with van der Waals surface area (Å²) in [4.78, 5) is 15.9. The van der Waals surface area contributed by atoms with Crippen molar-refractivity contribution in [3.63, 3.8) is 0 Å². The Morgan fingerprint density at radius 2 is 2.17 bits per heavy atom. The number of carbonyl (C=O) groups is 1. The van der Waals surface area contributed by atoms with Gasteiger partial charge in [0, 0.05) is 12.1 Å². The molecular weight excluding hydrogens is 502 g/mol. The molecule has 35 heavy (non-hydrogen) atoms. The molecule has 0 bridgehead atoms. The molecule has 0 saturated carbocycles. The van der Waals surface area contributed by atoms with Crippen molar-refractivity contribution in [1.29, 1.82) is 0 Å². The van der Waals surface area contributed by atoms with Crippen LogP contribution in [0.15, 0.2) is 18.3 Å². The van der Waals surface area contributed by atoms with Crippen LogP contribution in [0.4, 0.5) is 34.0 Å². The van der Waals surface area contributed by atoms with E-state index in [1.807, 2.05) is 0 Å². The fourth-order valence-electron chi connectivity index (χ4n) is 3.35. The summed E-state index contributed by atoms with van der Waals surface area (Å²) in [7, 11) is 0. The first kappa shape index (κ1) is 24.9. The van der Waals surface area contributed by atoms with E-state index in [0.29, 0.717) is 5.52 Å². The van der Waals surface area contributed by atoms with Gasteiger partial charge in [0.2, 0.25) is 0 Å². The summed E-state index contributed by atoms with van der Waals surface area (Å²) in [5.74, 6) is 0.334. The molecule has 16 heteroatoms. The smallest absolute Gasteiger partial charge is 0.441 e. The molecule has 4 heterocycles. The standard InChI is InChI=1S/C19H20ClF4N7O4/c1-8(2)25-18(32)35-12-7-33-16(15(12)21)10-4-14(29-28-10)27-17-11-3-9(6-34-19(22,23)24)30-31(11)5-13(20)26-17/h3-5,8,12,15-16H,6-7H2,1-2H3,(H,25,32)(H2,26,27,28,29)/t12-,15-,16-/m1/s1. The van der Waals surface area contributed by atoms with Gasteiger partial charge in [-0.25, -0.2) is 18.7 Å². The monoisotopic (exact) mass is 521 g/mol. The average Bonchev–Trinajstić information content (AvgIpc) is 3.45. The largest absolute Gasteiger partial charge is 0.522 e. The summed E-state index contributed by atoms with van der Waals surface area (Å²) < 4.78 is 67.5. The molecule has 1 aliphatic rings. The van der Waals surface area contributed by atoms with Crippen LogP contribution in [-0.2, 0) is 20.8 Å². The van der Waals surface area contributed by atoms with Crippen molar-refractivity contribution in [2.24, 2.45) is 0 Å². The van der Waals surface area contributed by atoms with Crippen LogP contribution in [0.1, 0.15) is 31.3 Å². The molecule has 0 aliphatic carbocycles. The Kier molecular flexibility index (Phi) is 7.00. The molecule has 0 radical (unpaired) electrons.